The van der Waals surface area contributed by atoms with Crippen LogP contribution in [0.5, 0.6) is 0 Å². The minimum absolute atomic E-state index is 0.0258. The highest BCUT2D eigenvalue weighted by molar-refractivity contribution is 7.89. The van der Waals surface area contributed by atoms with Crippen LogP contribution >= 0.6 is 0 Å². The van der Waals surface area contributed by atoms with Crippen LogP contribution in [0.25, 0.3) is 11.0 Å². The van der Waals surface area contributed by atoms with Gasteiger partial charge in [-0.3, -0.25) is 5.10 Å². The molecule has 0 aromatic carbocycles. The summed E-state index contributed by atoms with van der Waals surface area (Å²) in [5, 5.41) is 10.4. The third-order valence-electron chi connectivity index (χ3n) is 3.00. The predicted molar refractivity (Wildman–Crippen MR) is 76.9 cm³/mol. The third kappa shape index (κ3) is 3.05. The first-order chi connectivity index (χ1) is 9.58. The van der Waals surface area contributed by atoms with Crippen molar-refractivity contribution < 1.29 is 8.42 Å². The molecule has 2 rings (SSSR count). The molecular formula is C11H18N6O2S. The van der Waals surface area contributed by atoms with E-state index in [0.29, 0.717) is 24.6 Å². The number of sulfonamides is 1. The van der Waals surface area contributed by atoms with E-state index in [4.69, 9.17) is 0 Å². The van der Waals surface area contributed by atoms with Crippen molar-refractivity contribution in [3.8, 4) is 0 Å². The lowest BCUT2D eigenvalue weighted by atomic mass is 10.4. The minimum atomic E-state index is -3.23. The highest BCUT2D eigenvalue weighted by atomic mass is 32.2. The molecule has 0 saturated heterocycles. The average Bonchev–Trinajstić information content (AvgIpc) is 2.88. The van der Waals surface area contributed by atoms with Crippen molar-refractivity contribution in [1.29, 1.82) is 0 Å². The first-order valence-corrected chi connectivity index (χ1v) is 8.05. The van der Waals surface area contributed by atoms with Gasteiger partial charge in [0.2, 0.25) is 10.0 Å². The number of hydrogen-bond donors (Lipinski definition) is 2. The van der Waals surface area contributed by atoms with Crippen LogP contribution < -0.4 is 5.32 Å². The maximum atomic E-state index is 12.0. The fourth-order valence-corrected chi connectivity index (χ4v) is 3.36. The van der Waals surface area contributed by atoms with E-state index in [0.717, 1.165) is 5.39 Å². The lowest BCUT2D eigenvalue weighted by molar-refractivity contribution is 0.446. The number of H-pyrrole nitrogens is 1. The predicted octanol–water partition coefficient (Wildman–Crippen LogP) is 0.436. The second kappa shape index (κ2) is 6.14. The van der Waals surface area contributed by atoms with E-state index in [9.17, 15) is 8.42 Å². The molecule has 0 aliphatic rings. The number of nitrogens with zero attached hydrogens (tertiary/aromatic N) is 4. The fraction of sp³-hybridized carbons (Fsp3) is 0.545. The summed E-state index contributed by atoms with van der Waals surface area (Å²) in [6, 6.07) is 0. The van der Waals surface area contributed by atoms with Crippen LogP contribution in [0.2, 0.25) is 0 Å². The van der Waals surface area contributed by atoms with Crippen molar-refractivity contribution in [3.05, 3.63) is 12.5 Å². The van der Waals surface area contributed by atoms with Gasteiger partial charge in [0.25, 0.3) is 0 Å². The Hall–Kier alpha value is -1.74. The molecule has 0 saturated carbocycles. The normalized spacial score (nSPS) is 12.2. The number of rotatable bonds is 7. The molecule has 20 heavy (non-hydrogen) atoms. The van der Waals surface area contributed by atoms with E-state index in [1.807, 2.05) is 13.8 Å². The van der Waals surface area contributed by atoms with Gasteiger partial charge in [-0.05, 0) is 0 Å². The van der Waals surface area contributed by atoms with Gasteiger partial charge in [-0.25, -0.2) is 22.7 Å². The summed E-state index contributed by atoms with van der Waals surface area (Å²) in [5.74, 6) is 0.608. The summed E-state index contributed by atoms with van der Waals surface area (Å²) in [5.41, 5.74) is 0.620. The van der Waals surface area contributed by atoms with E-state index >= 15 is 0 Å². The number of aromatic amines is 1. The SMILES string of the molecule is CCN(CC)S(=O)(=O)CCNc1ncnc2[nH]ncc12. The highest BCUT2D eigenvalue weighted by Crippen LogP contribution is 2.15. The van der Waals surface area contributed by atoms with Gasteiger partial charge in [0.15, 0.2) is 5.65 Å². The zero-order chi connectivity index (χ0) is 14.6. The maximum Gasteiger partial charge on any atom is 0.215 e. The second-order valence-electron chi connectivity index (χ2n) is 4.18. The van der Waals surface area contributed by atoms with Crippen LogP contribution in [0.15, 0.2) is 12.5 Å². The Morgan fingerprint density at radius 3 is 2.75 bits per heavy atom. The summed E-state index contributed by atoms with van der Waals surface area (Å²) in [6.45, 7) is 4.91. The van der Waals surface area contributed by atoms with Gasteiger partial charge in [-0.15, -0.1) is 0 Å². The van der Waals surface area contributed by atoms with Crippen LogP contribution in [0.3, 0.4) is 0 Å². The first-order valence-electron chi connectivity index (χ1n) is 6.44. The zero-order valence-corrected chi connectivity index (χ0v) is 12.3. The fourth-order valence-electron chi connectivity index (χ4n) is 1.95. The lowest BCUT2D eigenvalue weighted by Crippen LogP contribution is -2.34. The first kappa shape index (κ1) is 14.7. The summed E-state index contributed by atoms with van der Waals surface area (Å²) in [7, 11) is -3.23. The van der Waals surface area contributed by atoms with Crippen molar-refractivity contribution in [3.63, 3.8) is 0 Å². The van der Waals surface area contributed by atoms with Gasteiger partial charge >= 0.3 is 0 Å². The molecule has 2 aromatic rings. The van der Waals surface area contributed by atoms with Crippen LogP contribution in [-0.2, 0) is 10.0 Å². The lowest BCUT2D eigenvalue weighted by Gasteiger charge is -2.18. The van der Waals surface area contributed by atoms with E-state index in [-0.39, 0.29) is 12.3 Å². The van der Waals surface area contributed by atoms with E-state index in [1.54, 1.807) is 6.20 Å². The molecule has 0 aliphatic carbocycles. The standard InChI is InChI=1S/C11H18N6O2S/c1-3-17(4-2)20(18,19)6-5-12-10-9-7-15-16-11(9)14-8-13-10/h7-8H,3-6H2,1-2H3,(H2,12,13,14,15,16). The molecule has 0 radical (unpaired) electrons. The summed E-state index contributed by atoms with van der Waals surface area (Å²) >= 11 is 0. The van der Waals surface area contributed by atoms with Gasteiger partial charge in [0.05, 0.1) is 17.3 Å². The van der Waals surface area contributed by atoms with E-state index in [2.05, 4.69) is 25.5 Å². The molecule has 0 fully saturated rings. The van der Waals surface area contributed by atoms with Crippen LogP contribution in [0.1, 0.15) is 13.8 Å². The largest absolute Gasteiger partial charge is 0.368 e. The molecule has 0 unspecified atom stereocenters. The third-order valence-corrected chi connectivity index (χ3v) is 5.02. The summed E-state index contributed by atoms with van der Waals surface area (Å²) in [4.78, 5) is 8.11. The molecule has 2 heterocycles. The second-order valence-corrected chi connectivity index (χ2v) is 6.27. The highest BCUT2D eigenvalue weighted by Gasteiger charge is 2.18. The minimum Gasteiger partial charge on any atom is -0.368 e. The van der Waals surface area contributed by atoms with Gasteiger partial charge in [0, 0.05) is 19.6 Å². The van der Waals surface area contributed by atoms with Gasteiger partial charge < -0.3 is 5.32 Å². The Kier molecular flexibility index (Phi) is 4.50. The van der Waals surface area contributed by atoms with Gasteiger partial charge in [0.1, 0.15) is 12.1 Å². The maximum absolute atomic E-state index is 12.0. The quantitative estimate of drug-likeness (QED) is 0.768. The molecular weight excluding hydrogens is 280 g/mol. The molecule has 0 amide bonds. The Morgan fingerprint density at radius 2 is 2.05 bits per heavy atom. The topological polar surface area (TPSA) is 104 Å². The van der Waals surface area contributed by atoms with Crippen molar-refractivity contribution in [2.75, 3.05) is 30.7 Å². The van der Waals surface area contributed by atoms with Gasteiger partial charge in [-0.2, -0.15) is 5.10 Å². The molecule has 0 aliphatic heterocycles. The van der Waals surface area contributed by atoms with Crippen LogP contribution in [0.4, 0.5) is 5.82 Å². The smallest absolute Gasteiger partial charge is 0.215 e. The van der Waals surface area contributed by atoms with E-state index < -0.39 is 10.0 Å². The number of nitrogens with one attached hydrogen (secondary N) is 2. The zero-order valence-electron chi connectivity index (χ0n) is 11.5. The van der Waals surface area contributed by atoms with Crippen molar-refractivity contribution >= 4 is 26.9 Å². The Bertz CT molecular complexity index is 664. The Morgan fingerprint density at radius 1 is 1.30 bits per heavy atom. The molecule has 0 bridgehead atoms. The van der Waals surface area contributed by atoms with Crippen molar-refractivity contribution in [2.24, 2.45) is 0 Å². The number of hydrogen-bond acceptors (Lipinski definition) is 6. The molecule has 2 N–H and O–H groups in total. The molecule has 9 heteroatoms. The molecule has 0 spiro atoms. The molecule has 0 atom stereocenters. The Balaban J connectivity index is 2.01. The molecule has 110 valence electrons. The van der Waals surface area contributed by atoms with Crippen LogP contribution in [0, 0.1) is 0 Å². The van der Waals surface area contributed by atoms with Gasteiger partial charge in [-0.1, -0.05) is 13.8 Å². The number of fused-ring (bicyclic) bond motifs is 1. The average molecular weight is 298 g/mol. The van der Waals surface area contributed by atoms with Crippen LogP contribution in [-0.4, -0.2) is 58.3 Å². The molecule has 2 aromatic heterocycles. The Labute approximate surface area is 117 Å². The number of aromatic nitrogens is 4. The van der Waals surface area contributed by atoms with Crippen molar-refractivity contribution in [2.45, 2.75) is 13.8 Å². The number of anilines is 1. The molecule has 8 nitrogen and oxygen atoms in total. The summed E-state index contributed by atoms with van der Waals surface area (Å²) < 4.78 is 25.5. The monoisotopic (exact) mass is 298 g/mol. The van der Waals surface area contributed by atoms with E-state index in [1.165, 1.54) is 10.6 Å². The van der Waals surface area contributed by atoms with Crippen molar-refractivity contribution in [1.82, 2.24) is 24.5 Å². The summed E-state index contributed by atoms with van der Waals surface area (Å²) in [6.07, 6.45) is 3.01.